The Hall–Kier alpha value is -1.90. The van der Waals surface area contributed by atoms with Gasteiger partial charge in [0.05, 0.1) is 19.0 Å². The molecule has 1 heterocycles. The van der Waals surface area contributed by atoms with Crippen LogP contribution in [0.4, 0.5) is 0 Å². The molecular formula is C28H44N2O. The van der Waals surface area contributed by atoms with Crippen molar-refractivity contribution in [2.45, 2.75) is 110 Å². The number of hydrogen-bond acceptors (Lipinski definition) is 3. The maximum atomic E-state index is 5.80. The first-order chi connectivity index (χ1) is 15.3. The average Bonchev–Trinajstić information content (AvgIpc) is 2.81. The first-order valence-electron chi connectivity index (χ1n) is 12.9. The summed E-state index contributed by atoms with van der Waals surface area (Å²) in [6.45, 7) is 5.28. The van der Waals surface area contributed by atoms with Crippen molar-refractivity contribution in [2.24, 2.45) is 0 Å². The minimum Gasteiger partial charge on any atom is -0.490 e. The Kier molecular flexibility index (Phi) is 13.7. The Morgan fingerprint density at radius 3 is 1.71 bits per heavy atom. The van der Waals surface area contributed by atoms with E-state index in [1.165, 1.54) is 95.5 Å². The van der Waals surface area contributed by atoms with Crippen LogP contribution in [-0.4, -0.2) is 16.6 Å². The Morgan fingerprint density at radius 1 is 0.613 bits per heavy atom. The highest BCUT2D eigenvalue weighted by Gasteiger charge is 2.03. The van der Waals surface area contributed by atoms with Gasteiger partial charge in [0.25, 0.3) is 0 Å². The molecule has 0 fully saturated rings. The molecule has 0 atom stereocenters. The number of nitrogens with zero attached hydrogens (tertiary/aromatic N) is 2. The van der Waals surface area contributed by atoms with Gasteiger partial charge in [-0.3, -0.25) is 0 Å². The van der Waals surface area contributed by atoms with Gasteiger partial charge in [-0.05, 0) is 24.8 Å². The normalized spacial score (nSPS) is 11.0. The van der Waals surface area contributed by atoms with Crippen molar-refractivity contribution in [1.82, 2.24) is 9.97 Å². The Bertz CT molecular complexity index is 666. The van der Waals surface area contributed by atoms with E-state index in [0.29, 0.717) is 0 Å². The number of ether oxygens (including phenoxy) is 1. The van der Waals surface area contributed by atoms with Crippen molar-refractivity contribution in [1.29, 1.82) is 0 Å². The maximum Gasteiger partial charge on any atom is 0.159 e. The van der Waals surface area contributed by atoms with Gasteiger partial charge >= 0.3 is 0 Å². The summed E-state index contributed by atoms with van der Waals surface area (Å²) in [4.78, 5) is 9.00. The number of rotatable bonds is 18. The number of aromatic nitrogens is 2. The summed E-state index contributed by atoms with van der Waals surface area (Å²) < 4.78 is 5.80. The second-order valence-electron chi connectivity index (χ2n) is 8.78. The summed E-state index contributed by atoms with van der Waals surface area (Å²) in [5.74, 6) is 1.54. The topological polar surface area (TPSA) is 35.0 Å². The fraction of sp³-hybridized carbons (Fsp3) is 0.643. The molecule has 0 amide bonds. The van der Waals surface area contributed by atoms with Crippen molar-refractivity contribution in [3.8, 4) is 17.1 Å². The van der Waals surface area contributed by atoms with Crippen molar-refractivity contribution < 1.29 is 4.74 Å². The van der Waals surface area contributed by atoms with Gasteiger partial charge in [-0.1, -0.05) is 115 Å². The fourth-order valence-electron chi connectivity index (χ4n) is 3.90. The Morgan fingerprint density at radius 2 is 1.13 bits per heavy atom. The minimum absolute atomic E-state index is 0.754. The molecule has 0 unspecified atom stereocenters. The molecule has 2 aromatic rings. The van der Waals surface area contributed by atoms with Crippen LogP contribution in [0, 0.1) is 0 Å². The van der Waals surface area contributed by atoms with E-state index < -0.39 is 0 Å². The van der Waals surface area contributed by atoms with Gasteiger partial charge < -0.3 is 4.74 Å². The van der Waals surface area contributed by atoms with Gasteiger partial charge in [0.2, 0.25) is 0 Å². The summed E-state index contributed by atoms with van der Waals surface area (Å²) in [7, 11) is 0. The van der Waals surface area contributed by atoms with Gasteiger partial charge in [0.15, 0.2) is 11.6 Å². The van der Waals surface area contributed by atoms with E-state index in [0.717, 1.165) is 30.2 Å². The lowest BCUT2D eigenvalue weighted by molar-refractivity contribution is 0.302. The third-order valence-electron chi connectivity index (χ3n) is 5.93. The van der Waals surface area contributed by atoms with Gasteiger partial charge in [0, 0.05) is 5.56 Å². The van der Waals surface area contributed by atoms with E-state index in [1.54, 1.807) is 12.4 Å². The van der Waals surface area contributed by atoms with E-state index in [9.17, 15) is 0 Å². The van der Waals surface area contributed by atoms with E-state index in [-0.39, 0.29) is 0 Å². The molecule has 0 bridgehead atoms. The van der Waals surface area contributed by atoms with Crippen LogP contribution in [0.15, 0.2) is 36.7 Å². The summed E-state index contributed by atoms with van der Waals surface area (Å²) in [5, 5.41) is 0. The number of benzene rings is 1. The van der Waals surface area contributed by atoms with Gasteiger partial charge in [-0.15, -0.1) is 0 Å². The first-order valence-corrected chi connectivity index (χ1v) is 12.9. The summed E-state index contributed by atoms with van der Waals surface area (Å²) >= 11 is 0. The van der Waals surface area contributed by atoms with Crippen molar-refractivity contribution >= 4 is 0 Å². The third kappa shape index (κ3) is 11.3. The lowest BCUT2D eigenvalue weighted by Gasteiger charge is -2.07. The number of unbranched alkanes of at least 4 members (excludes halogenated alkanes) is 12. The molecule has 3 heteroatoms. The smallest absolute Gasteiger partial charge is 0.159 e. The molecule has 172 valence electrons. The van der Waals surface area contributed by atoms with Gasteiger partial charge in [-0.25, -0.2) is 9.97 Å². The van der Waals surface area contributed by atoms with Crippen LogP contribution < -0.4 is 4.74 Å². The van der Waals surface area contributed by atoms with Gasteiger partial charge in [-0.2, -0.15) is 0 Å². The third-order valence-corrected chi connectivity index (χ3v) is 5.93. The predicted molar refractivity (Wildman–Crippen MR) is 133 cm³/mol. The Balaban J connectivity index is 1.63. The first kappa shape index (κ1) is 25.4. The summed E-state index contributed by atoms with van der Waals surface area (Å²) in [5.41, 5.74) is 2.48. The molecular weight excluding hydrogens is 380 g/mol. The predicted octanol–water partition coefficient (Wildman–Crippen LogP) is 8.57. The highest BCUT2D eigenvalue weighted by atomic mass is 16.5. The zero-order valence-electron chi connectivity index (χ0n) is 20.1. The van der Waals surface area contributed by atoms with Crippen LogP contribution in [0.5, 0.6) is 5.75 Å². The summed E-state index contributed by atoms with van der Waals surface area (Å²) in [6.07, 6.45) is 23.3. The lowest BCUT2D eigenvalue weighted by Crippen LogP contribution is -1.99. The van der Waals surface area contributed by atoms with E-state index in [1.807, 2.05) is 0 Å². The van der Waals surface area contributed by atoms with Crippen molar-refractivity contribution in [3.63, 3.8) is 0 Å². The highest BCUT2D eigenvalue weighted by molar-refractivity contribution is 5.55. The molecule has 0 spiro atoms. The van der Waals surface area contributed by atoms with E-state index in [2.05, 4.69) is 48.1 Å². The van der Waals surface area contributed by atoms with Crippen molar-refractivity contribution in [3.05, 3.63) is 42.2 Å². The standard InChI is InChI=1S/C28H44N2O/c1-3-5-7-9-11-13-15-17-25-18-20-26(21-19-25)28-29-23-27(24-30-28)31-22-16-14-12-10-8-6-4-2/h18-21,23-24H,3-17,22H2,1-2H3. The molecule has 0 radical (unpaired) electrons. The molecule has 31 heavy (non-hydrogen) atoms. The second-order valence-corrected chi connectivity index (χ2v) is 8.78. The van der Waals surface area contributed by atoms with Crippen LogP contribution in [-0.2, 0) is 6.42 Å². The quantitative estimate of drug-likeness (QED) is 0.225. The molecule has 0 aliphatic heterocycles. The molecule has 0 saturated carbocycles. The molecule has 0 aliphatic rings. The average molecular weight is 425 g/mol. The van der Waals surface area contributed by atoms with Crippen LogP contribution in [0.1, 0.15) is 109 Å². The molecule has 2 rings (SSSR count). The number of aryl methyl sites for hydroxylation is 1. The maximum absolute atomic E-state index is 5.80. The lowest BCUT2D eigenvalue weighted by atomic mass is 10.0. The van der Waals surface area contributed by atoms with Crippen LogP contribution in [0.25, 0.3) is 11.4 Å². The monoisotopic (exact) mass is 424 g/mol. The molecule has 3 nitrogen and oxygen atoms in total. The van der Waals surface area contributed by atoms with Crippen LogP contribution >= 0.6 is 0 Å². The number of hydrogen-bond donors (Lipinski definition) is 0. The molecule has 0 saturated heterocycles. The molecule has 1 aromatic carbocycles. The molecule has 1 aromatic heterocycles. The molecule has 0 N–H and O–H groups in total. The minimum atomic E-state index is 0.754. The van der Waals surface area contributed by atoms with Gasteiger partial charge in [0.1, 0.15) is 0 Å². The summed E-state index contributed by atoms with van der Waals surface area (Å²) in [6, 6.07) is 8.73. The van der Waals surface area contributed by atoms with E-state index >= 15 is 0 Å². The second kappa shape index (κ2) is 16.8. The van der Waals surface area contributed by atoms with Crippen molar-refractivity contribution in [2.75, 3.05) is 6.61 Å². The molecule has 0 aliphatic carbocycles. The zero-order valence-corrected chi connectivity index (χ0v) is 20.1. The van der Waals surface area contributed by atoms with Crippen LogP contribution in [0.3, 0.4) is 0 Å². The van der Waals surface area contributed by atoms with Crippen LogP contribution in [0.2, 0.25) is 0 Å². The Labute approximate surface area is 191 Å². The largest absolute Gasteiger partial charge is 0.490 e. The zero-order chi connectivity index (χ0) is 22.0. The SMILES string of the molecule is CCCCCCCCCOc1cnc(-c2ccc(CCCCCCCCC)cc2)nc1. The fourth-order valence-corrected chi connectivity index (χ4v) is 3.90. The van der Waals surface area contributed by atoms with E-state index in [4.69, 9.17) is 4.74 Å². The highest BCUT2D eigenvalue weighted by Crippen LogP contribution is 2.19.